The normalized spacial score (nSPS) is 14.2. The van der Waals surface area contributed by atoms with Crippen LogP contribution in [0.25, 0.3) is 0 Å². The van der Waals surface area contributed by atoms with Gasteiger partial charge in [0.1, 0.15) is 6.33 Å². The third kappa shape index (κ3) is 5.64. The van der Waals surface area contributed by atoms with E-state index in [0.717, 1.165) is 49.7 Å². The second kappa shape index (κ2) is 9.95. The van der Waals surface area contributed by atoms with Crippen molar-refractivity contribution in [1.29, 1.82) is 0 Å². The van der Waals surface area contributed by atoms with Gasteiger partial charge in [-0.1, -0.05) is 24.3 Å². The second-order valence-electron chi connectivity index (χ2n) is 8.58. The van der Waals surface area contributed by atoms with Gasteiger partial charge >= 0.3 is 0 Å². The highest BCUT2D eigenvalue weighted by Crippen LogP contribution is 2.25. The molecule has 0 aliphatic carbocycles. The molecule has 0 unspecified atom stereocenters. The number of carbonyl (C=O) groups is 1. The van der Waals surface area contributed by atoms with Crippen molar-refractivity contribution in [3.63, 3.8) is 0 Å². The maximum Gasteiger partial charge on any atom is 0.232 e. The molecule has 1 amide bonds. The van der Waals surface area contributed by atoms with Gasteiger partial charge in [-0.3, -0.25) is 9.69 Å². The number of anilines is 4. The number of piperazine rings is 1. The van der Waals surface area contributed by atoms with Gasteiger partial charge in [-0.2, -0.15) is 4.98 Å². The number of rotatable bonds is 6. The molecular formula is C25H31N7O. The van der Waals surface area contributed by atoms with Crippen LogP contribution in [0.2, 0.25) is 0 Å². The molecule has 1 aliphatic rings. The van der Waals surface area contributed by atoms with Crippen molar-refractivity contribution < 1.29 is 4.79 Å². The van der Waals surface area contributed by atoms with Crippen molar-refractivity contribution in [2.75, 3.05) is 41.7 Å². The molecule has 4 rings (SSSR count). The molecule has 1 aromatic heterocycles. The van der Waals surface area contributed by atoms with Gasteiger partial charge in [0, 0.05) is 51.0 Å². The Morgan fingerprint density at radius 2 is 1.73 bits per heavy atom. The Bertz CT molecular complexity index is 1140. The maximum absolute atomic E-state index is 11.4. The molecule has 2 aromatic carbocycles. The van der Waals surface area contributed by atoms with Crippen LogP contribution in [0.4, 0.5) is 23.3 Å². The summed E-state index contributed by atoms with van der Waals surface area (Å²) in [5.74, 6) is 1.06. The molecule has 0 bridgehead atoms. The van der Waals surface area contributed by atoms with Gasteiger partial charge in [0.2, 0.25) is 17.8 Å². The third-order valence-corrected chi connectivity index (χ3v) is 6.08. The lowest BCUT2D eigenvalue weighted by Crippen LogP contribution is -2.46. The van der Waals surface area contributed by atoms with Crippen LogP contribution in [0.1, 0.15) is 29.2 Å². The fourth-order valence-electron chi connectivity index (χ4n) is 3.98. The third-order valence-electron chi connectivity index (χ3n) is 6.08. The van der Waals surface area contributed by atoms with E-state index in [1.54, 1.807) is 6.33 Å². The van der Waals surface area contributed by atoms with E-state index in [4.69, 9.17) is 0 Å². The number of hydrogen-bond donors (Lipinski definition) is 2. The highest BCUT2D eigenvalue weighted by Gasteiger charge is 2.20. The topological polar surface area (TPSA) is 86.3 Å². The van der Waals surface area contributed by atoms with Gasteiger partial charge in [-0.15, -0.1) is 0 Å². The standard InChI is InChI=1S/C25H31N7O/c1-17-8-9-21(14-18(17)2)15-31-10-12-32(13-11-31)25-27-16-26-24(30-25)29-23-7-5-6-22(19(23)3)28-20(4)33/h5-9,14,16H,10-13,15H2,1-4H3,(H,28,33)(H,26,27,29,30). The van der Waals surface area contributed by atoms with Gasteiger partial charge in [0.25, 0.3) is 0 Å². The molecule has 0 spiro atoms. The average Bonchev–Trinajstić information content (AvgIpc) is 2.79. The number of benzene rings is 2. The van der Waals surface area contributed by atoms with Gasteiger partial charge in [-0.25, -0.2) is 9.97 Å². The van der Waals surface area contributed by atoms with E-state index >= 15 is 0 Å². The minimum absolute atomic E-state index is 0.102. The van der Waals surface area contributed by atoms with Crippen LogP contribution >= 0.6 is 0 Å². The maximum atomic E-state index is 11.4. The molecule has 3 aromatic rings. The van der Waals surface area contributed by atoms with Crippen LogP contribution in [-0.4, -0.2) is 51.9 Å². The summed E-state index contributed by atoms with van der Waals surface area (Å²) >= 11 is 0. The Labute approximate surface area is 195 Å². The number of aryl methyl sites for hydroxylation is 2. The molecule has 2 heterocycles. The smallest absolute Gasteiger partial charge is 0.232 e. The highest BCUT2D eigenvalue weighted by atomic mass is 16.1. The van der Waals surface area contributed by atoms with E-state index in [-0.39, 0.29) is 5.91 Å². The summed E-state index contributed by atoms with van der Waals surface area (Å²) < 4.78 is 0. The Balaban J connectivity index is 1.39. The van der Waals surface area contributed by atoms with Crippen LogP contribution < -0.4 is 15.5 Å². The summed E-state index contributed by atoms with van der Waals surface area (Å²) in [6.45, 7) is 12.4. The molecule has 33 heavy (non-hydrogen) atoms. The Kier molecular flexibility index (Phi) is 6.84. The van der Waals surface area contributed by atoms with E-state index in [0.29, 0.717) is 11.9 Å². The van der Waals surface area contributed by atoms with Crippen LogP contribution in [-0.2, 0) is 11.3 Å². The predicted octanol–water partition coefficient (Wildman–Crippen LogP) is 3.82. The van der Waals surface area contributed by atoms with Crippen molar-refractivity contribution in [3.05, 3.63) is 65.0 Å². The summed E-state index contributed by atoms with van der Waals surface area (Å²) in [5, 5.41) is 6.11. The zero-order valence-electron chi connectivity index (χ0n) is 19.7. The van der Waals surface area contributed by atoms with E-state index < -0.39 is 0 Å². The minimum atomic E-state index is -0.102. The molecule has 0 saturated carbocycles. The molecular weight excluding hydrogens is 414 g/mol. The van der Waals surface area contributed by atoms with Gasteiger partial charge in [0.15, 0.2) is 0 Å². The number of nitrogens with one attached hydrogen (secondary N) is 2. The molecule has 1 fully saturated rings. The second-order valence-corrected chi connectivity index (χ2v) is 8.58. The van der Waals surface area contributed by atoms with E-state index in [1.165, 1.54) is 23.6 Å². The van der Waals surface area contributed by atoms with Crippen molar-refractivity contribution in [1.82, 2.24) is 19.9 Å². The number of hydrogen-bond acceptors (Lipinski definition) is 7. The molecule has 8 heteroatoms. The summed E-state index contributed by atoms with van der Waals surface area (Å²) in [6.07, 6.45) is 1.54. The summed E-state index contributed by atoms with van der Waals surface area (Å²) in [4.78, 5) is 29.4. The first-order valence-electron chi connectivity index (χ1n) is 11.3. The molecule has 0 atom stereocenters. The van der Waals surface area contributed by atoms with Crippen LogP contribution in [0.5, 0.6) is 0 Å². The number of aromatic nitrogens is 3. The average molecular weight is 446 g/mol. The minimum Gasteiger partial charge on any atom is -0.338 e. The first-order valence-corrected chi connectivity index (χ1v) is 11.3. The quantitative estimate of drug-likeness (QED) is 0.596. The van der Waals surface area contributed by atoms with Gasteiger partial charge < -0.3 is 15.5 Å². The zero-order chi connectivity index (χ0) is 23.4. The lowest BCUT2D eigenvalue weighted by atomic mass is 10.1. The van der Waals surface area contributed by atoms with E-state index in [9.17, 15) is 4.79 Å². The van der Waals surface area contributed by atoms with Gasteiger partial charge in [-0.05, 0) is 55.2 Å². The Morgan fingerprint density at radius 1 is 0.970 bits per heavy atom. The lowest BCUT2D eigenvalue weighted by Gasteiger charge is -2.34. The zero-order valence-corrected chi connectivity index (χ0v) is 19.7. The molecule has 8 nitrogen and oxygen atoms in total. The van der Waals surface area contributed by atoms with Crippen molar-refractivity contribution in [2.45, 2.75) is 34.2 Å². The molecule has 0 radical (unpaired) electrons. The predicted molar refractivity (Wildman–Crippen MR) is 132 cm³/mol. The molecule has 172 valence electrons. The van der Waals surface area contributed by atoms with Crippen molar-refractivity contribution in [3.8, 4) is 0 Å². The monoisotopic (exact) mass is 445 g/mol. The van der Waals surface area contributed by atoms with Crippen molar-refractivity contribution >= 4 is 29.2 Å². The highest BCUT2D eigenvalue weighted by molar-refractivity contribution is 5.90. The lowest BCUT2D eigenvalue weighted by molar-refractivity contribution is -0.114. The van der Waals surface area contributed by atoms with Crippen LogP contribution in [0.15, 0.2) is 42.7 Å². The Hall–Kier alpha value is -3.52. The molecule has 1 aliphatic heterocycles. The summed E-state index contributed by atoms with van der Waals surface area (Å²) in [7, 11) is 0. The number of carbonyl (C=O) groups excluding carboxylic acids is 1. The van der Waals surface area contributed by atoms with E-state index in [2.05, 4.69) is 67.4 Å². The molecule has 1 saturated heterocycles. The first kappa shape index (κ1) is 22.7. The summed E-state index contributed by atoms with van der Waals surface area (Å²) in [6, 6.07) is 12.4. The van der Waals surface area contributed by atoms with Crippen LogP contribution in [0.3, 0.4) is 0 Å². The number of amides is 1. The fourth-order valence-corrected chi connectivity index (χ4v) is 3.98. The summed E-state index contributed by atoms with van der Waals surface area (Å²) in [5.41, 5.74) is 6.57. The number of nitrogens with zero attached hydrogens (tertiary/aromatic N) is 5. The first-order chi connectivity index (χ1) is 15.9. The fraction of sp³-hybridized carbons (Fsp3) is 0.360. The Morgan fingerprint density at radius 3 is 2.45 bits per heavy atom. The van der Waals surface area contributed by atoms with Gasteiger partial charge in [0.05, 0.1) is 0 Å². The molecule has 2 N–H and O–H groups in total. The largest absolute Gasteiger partial charge is 0.338 e. The van der Waals surface area contributed by atoms with Crippen molar-refractivity contribution in [2.24, 2.45) is 0 Å². The van der Waals surface area contributed by atoms with E-state index in [1.807, 2.05) is 25.1 Å². The van der Waals surface area contributed by atoms with Crippen LogP contribution in [0, 0.1) is 20.8 Å². The SMILES string of the molecule is CC(=O)Nc1cccc(Nc2ncnc(N3CCN(Cc4ccc(C)c(C)c4)CC3)n2)c1C.